The number of aliphatic hydroxyl groups is 5. The fourth-order valence-electron chi connectivity index (χ4n) is 6.61. The molecular formula is C38H75NO8. The summed E-state index contributed by atoms with van der Waals surface area (Å²) in [6.07, 6.45) is 26.2. The van der Waals surface area contributed by atoms with Crippen molar-refractivity contribution in [3.8, 4) is 0 Å². The molecule has 9 nitrogen and oxygen atoms in total. The lowest BCUT2D eigenvalue weighted by molar-refractivity contribution is -0.302. The van der Waals surface area contributed by atoms with Crippen LogP contribution in [-0.4, -0.2) is 87.5 Å². The monoisotopic (exact) mass is 674 g/mol. The van der Waals surface area contributed by atoms with E-state index in [-0.39, 0.29) is 12.5 Å². The van der Waals surface area contributed by atoms with Crippen LogP contribution in [0.25, 0.3) is 0 Å². The second kappa shape index (κ2) is 30.1. The third-order valence-electron chi connectivity index (χ3n) is 9.75. The van der Waals surface area contributed by atoms with E-state index >= 15 is 0 Å². The third-order valence-corrected chi connectivity index (χ3v) is 9.75. The van der Waals surface area contributed by atoms with Gasteiger partial charge < -0.3 is 40.3 Å². The molecule has 47 heavy (non-hydrogen) atoms. The number of unbranched alkanes of at least 4 members (excludes halogenated alkanes) is 24. The number of amides is 1. The van der Waals surface area contributed by atoms with E-state index in [1.807, 2.05) is 0 Å². The van der Waals surface area contributed by atoms with Crippen molar-refractivity contribution in [2.45, 2.75) is 224 Å². The summed E-state index contributed by atoms with van der Waals surface area (Å²) in [5.41, 5.74) is 0. The van der Waals surface area contributed by atoms with E-state index in [1.54, 1.807) is 0 Å². The smallest absolute Gasteiger partial charge is 0.217 e. The van der Waals surface area contributed by atoms with E-state index in [4.69, 9.17) is 9.47 Å². The molecule has 0 spiro atoms. The quantitative estimate of drug-likeness (QED) is 0.0426. The maximum absolute atomic E-state index is 11.7. The van der Waals surface area contributed by atoms with Gasteiger partial charge >= 0.3 is 0 Å². The molecule has 1 rings (SSSR count). The van der Waals surface area contributed by atoms with Gasteiger partial charge in [0.05, 0.1) is 25.4 Å². The molecule has 1 heterocycles. The predicted octanol–water partition coefficient (Wildman–Crippen LogP) is 6.83. The Kier molecular flexibility index (Phi) is 28.3. The molecule has 0 aliphatic carbocycles. The number of rotatable bonds is 32. The van der Waals surface area contributed by atoms with Crippen LogP contribution in [0, 0.1) is 0 Å². The summed E-state index contributed by atoms with van der Waals surface area (Å²) < 4.78 is 10.9. The van der Waals surface area contributed by atoms with Crippen molar-refractivity contribution >= 4 is 5.91 Å². The van der Waals surface area contributed by atoms with Crippen molar-refractivity contribution in [3.05, 3.63) is 0 Å². The Labute approximate surface area is 287 Å². The Morgan fingerprint density at radius 3 is 1.38 bits per heavy atom. The molecule has 0 bridgehead atoms. The molecular weight excluding hydrogens is 598 g/mol. The average molecular weight is 674 g/mol. The lowest BCUT2D eigenvalue weighted by Crippen LogP contribution is -2.60. The first kappa shape index (κ1) is 44.2. The van der Waals surface area contributed by atoms with Gasteiger partial charge in [0, 0.05) is 6.92 Å². The Balaban J connectivity index is 1.95. The number of hydrogen-bond donors (Lipinski definition) is 6. The van der Waals surface area contributed by atoms with Crippen molar-refractivity contribution in [1.82, 2.24) is 5.32 Å². The molecule has 280 valence electrons. The van der Waals surface area contributed by atoms with Gasteiger partial charge in [-0.1, -0.05) is 167 Å². The molecule has 6 N–H and O–H groups in total. The summed E-state index contributed by atoms with van der Waals surface area (Å²) in [4.78, 5) is 11.7. The number of carbonyl (C=O) groups excluding carboxylic acids is 1. The lowest BCUT2D eigenvalue weighted by atomic mass is 9.99. The van der Waals surface area contributed by atoms with Crippen LogP contribution in [0.2, 0.25) is 0 Å². The first-order valence-electron chi connectivity index (χ1n) is 19.7. The maximum Gasteiger partial charge on any atom is 0.217 e. The first-order chi connectivity index (χ1) is 22.8. The number of nitrogens with one attached hydrogen (secondary N) is 1. The molecule has 1 amide bonds. The number of ether oxygens (including phenoxy) is 2. The summed E-state index contributed by atoms with van der Waals surface area (Å²) >= 11 is 0. The van der Waals surface area contributed by atoms with Gasteiger partial charge in [0.2, 0.25) is 5.91 Å². The van der Waals surface area contributed by atoms with E-state index in [0.29, 0.717) is 6.42 Å². The molecule has 9 heteroatoms. The normalized spacial score (nSPS) is 22.7. The largest absolute Gasteiger partial charge is 0.394 e. The zero-order valence-corrected chi connectivity index (χ0v) is 30.3. The number of hydrogen-bond acceptors (Lipinski definition) is 8. The molecule has 0 aromatic heterocycles. The van der Waals surface area contributed by atoms with Gasteiger partial charge in [-0.15, -0.1) is 0 Å². The molecule has 0 saturated carbocycles. The zero-order valence-electron chi connectivity index (χ0n) is 30.3. The fraction of sp³-hybridized carbons (Fsp3) is 0.974. The summed E-state index contributed by atoms with van der Waals surface area (Å²) in [6.45, 7) is 2.94. The van der Waals surface area contributed by atoms with Gasteiger partial charge in [-0.3, -0.25) is 4.79 Å². The minimum Gasteiger partial charge on any atom is -0.394 e. The predicted molar refractivity (Wildman–Crippen MR) is 189 cm³/mol. The van der Waals surface area contributed by atoms with Crippen molar-refractivity contribution in [2.75, 3.05) is 13.2 Å². The van der Waals surface area contributed by atoms with Crippen LogP contribution in [-0.2, 0) is 14.3 Å². The average Bonchev–Trinajstić information content (AvgIpc) is 3.06. The molecule has 1 fully saturated rings. The van der Waals surface area contributed by atoms with Crippen LogP contribution >= 0.6 is 0 Å². The third kappa shape index (κ3) is 22.5. The summed E-state index contributed by atoms with van der Waals surface area (Å²) in [6, 6.07) is -0.714. The Hall–Kier alpha value is -0.810. The summed E-state index contributed by atoms with van der Waals surface area (Å²) in [5.74, 6) is -0.318. The Morgan fingerprint density at radius 1 is 0.638 bits per heavy atom. The molecule has 7 unspecified atom stereocenters. The van der Waals surface area contributed by atoms with Crippen molar-refractivity contribution in [1.29, 1.82) is 0 Å². The summed E-state index contributed by atoms with van der Waals surface area (Å²) in [5, 5.41) is 52.8. The van der Waals surface area contributed by atoms with E-state index < -0.39 is 49.5 Å². The molecule has 1 aliphatic heterocycles. The van der Waals surface area contributed by atoms with Crippen LogP contribution in [0.4, 0.5) is 0 Å². The number of carbonyl (C=O) groups is 1. The second-order valence-corrected chi connectivity index (χ2v) is 14.2. The Morgan fingerprint density at radius 2 is 1.02 bits per heavy atom. The minimum absolute atomic E-state index is 0.150. The van der Waals surface area contributed by atoms with Crippen LogP contribution in [0.3, 0.4) is 0 Å². The van der Waals surface area contributed by atoms with E-state index in [9.17, 15) is 30.3 Å². The SMILES string of the molecule is CCCCCCCCCCCCCCCCCCCCCCCCCCCC(O)C(COC1OC(CO)C(O)C(O)C1O)NC(C)=O. The van der Waals surface area contributed by atoms with Gasteiger partial charge in [-0.05, 0) is 6.42 Å². The summed E-state index contributed by atoms with van der Waals surface area (Å²) in [7, 11) is 0. The number of aliphatic hydroxyl groups excluding tert-OH is 5. The fourth-order valence-corrected chi connectivity index (χ4v) is 6.61. The molecule has 0 aromatic carbocycles. The van der Waals surface area contributed by atoms with E-state index in [2.05, 4.69) is 12.2 Å². The Bertz CT molecular complexity index is 711. The van der Waals surface area contributed by atoms with Crippen LogP contribution < -0.4 is 5.32 Å². The van der Waals surface area contributed by atoms with Crippen LogP contribution in [0.5, 0.6) is 0 Å². The maximum atomic E-state index is 11.7. The highest BCUT2D eigenvalue weighted by atomic mass is 16.7. The van der Waals surface area contributed by atoms with Crippen molar-refractivity contribution in [3.63, 3.8) is 0 Å². The van der Waals surface area contributed by atoms with E-state index in [0.717, 1.165) is 19.3 Å². The zero-order chi connectivity index (χ0) is 34.5. The molecule has 0 aromatic rings. The molecule has 0 radical (unpaired) electrons. The van der Waals surface area contributed by atoms with Gasteiger partial charge in [-0.25, -0.2) is 0 Å². The van der Waals surface area contributed by atoms with Crippen molar-refractivity contribution in [2.24, 2.45) is 0 Å². The van der Waals surface area contributed by atoms with E-state index in [1.165, 1.54) is 148 Å². The minimum atomic E-state index is -1.54. The van der Waals surface area contributed by atoms with Crippen LogP contribution in [0.15, 0.2) is 0 Å². The van der Waals surface area contributed by atoms with Crippen LogP contribution in [0.1, 0.15) is 181 Å². The van der Waals surface area contributed by atoms with Gasteiger partial charge in [0.1, 0.15) is 24.4 Å². The van der Waals surface area contributed by atoms with Gasteiger partial charge in [0.25, 0.3) is 0 Å². The standard InChI is InChI=1S/C38H75NO8/c1-3-4-5-6-7-8-9-10-11-12-13-14-15-16-17-18-19-20-21-22-23-24-25-26-27-28-33(42)32(39-31(2)41)30-46-38-37(45)36(44)35(43)34(29-40)47-38/h32-38,40,42-45H,3-30H2,1-2H3,(H,39,41). The topological polar surface area (TPSA) is 149 Å². The first-order valence-corrected chi connectivity index (χ1v) is 19.7. The highest BCUT2D eigenvalue weighted by molar-refractivity contribution is 5.73. The lowest BCUT2D eigenvalue weighted by Gasteiger charge is -2.40. The molecule has 1 aliphatic rings. The molecule has 1 saturated heterocycles. The van der Waals surface area contributed by atoms with Gasteiger partial charge in [0.15, 0.2) is 6.29 Å². The van der Waals surface area contributed by atoms with Crippen molar-refractivity contribution < 1.29 is 39.8 Å². The van der Waals surface area contributed by atoms with Gasteiger partial charge in [-0.2, -0.15) is 0 Å². The highest BCUT2D eigenvalue weighted by Crippen LogP contribution is 2.23. The molecule has 7 atom stereocenters. The highest BCUT2D eigenvalue weighted by Gasteiger charge is 2.44. The second-order valence-electron chi connectivity index (χ2n) is 14.2.